The number of halogens is 1. The van der Waals surface area contributed by atoms with Gasteiger partial charge in [-0.2, -0.15) is 0 Å². The Kier molecular flexibility index (Phi) is 5.67. The SMILES string of the molecule is Cc1cc(OC(C)C(=O)N(C)C(C)c2ccccc2)ccc1Cl. The number of ether oxygens (including phenoxy) is 1. The summed E-state index contributed by atoms with van der Waals surface area (Å²) < 4.78 is 5.77. The number of likely N-dealkylation sites (N-methyl/N-ethyl adjacent to an activating group) is 1. The van der Waals surface area contributed by atoms with E-state index in [2.05, 4.69) is 0 Å². The largest absolute Gasteiger partial charge is 0.481 e. The number of hydrogen-bond donors (Lipinski definition) is 0. The van der Waals surface area contributed by atoms with Crippen molar-refractivity contribution >= 4 is 17.5 Å². The number of aryl methyl sites for hydroxylation is 1. The van der Waals surface area contributed by atoms with Gasteiger partial charge < -0.3 is 9.64 Å². The molecule has 3 nitrogen and oxygen atoms in total. The van der Waals surface area contributed by atoms with Crippen LogP contribution in [0.1, 0.15) is 31.0 Å². The van der Waals surface area contributed by atoms with Crippen LogP contribution in [0.25, 0.3) is 0 Å². The minimum atomic E-state index is -0.563. The molecule has 2 aromatic rings. The first-order chi connectivity index (χ1) is 10.9. The number of nitrogens with zero attached hydrogens (tertiary/aromatic N) is 1. The highest BCUT2D eigenvalue weighted by Gasteiger charge is 2.23. The van der Waals surface area contributed by atoms with Crippen LogP contribution in [0.2, 0.25) is 5.02 Å². The Hall–Kier alpha value is -2.00. The van der Waals surface area contributed by atoms with Crippen molar-refractivity contribution < 1.29 is 9.53 Å². The molecule has 0 aliphatic heterocycles. The van der Waals surface area contributed by atoms with E-state index in [4.69, 9.17) is 16.3 Å². The monoisotopic (exact) mass is 331 g/mol. The van der Waals surface area contributed by atoms with Crippen molar-refractivity contribution in [2.45, 2.75) is 32.9 Å². The molecule has 0 aromatic heterocycles. The molecule has 4 heteroatoms. The Morgan fingerprint density at radius 3 is 2.39 bits per heavy atom. The van der Waals surface area contributed by atoms with Gasteiger partial charge in [0, 0.05) is 12.1 Å². The predicted octanol–water partition coefficient (Wildman–Crippen LogP) is 4.64. The number of carbonyl (C=O) groups is 1. The molecular formula is C19H22ClNO2. The molecular weight excluding hydrogens is 310 g/mol. The second-order valence-electron chi connectivity index (χ2n) is 5.71. The number of benzene rings is 2. The Morgan fingerprint density at radius 2 is 1.78 bits per heavy atom. The lowest BCUT2D eigenvalue weighted by Crippen LogP contribution is -2.39. The average molecular weight is 332 g/mol. The van der Waals surface area contributed by atoms with E-state index in [0.717, 1.165) is 11.1 Å². The molecule has 2 aromatic carbocycles. The highest BCUT2D eigenvalue weighted by atomic mass is 35.5. The second-order valence-corrected chi connectivity index (χ2v) is 6.11. The zero-order valence-corrected chi connectivity index (χ0v) is 14.7. The van der Waals surface area contributed by atoms with Crippen LogP contribution in [0, 0.1) is 6.92 Å². The van der Waals surface area contributed by atoms with E-state index in [1.165, 1.54) is 0 Å². The van der Waals surface area contributed by atoms with E-state index in [9.17, 15) is 4.79 Å². The van der Waals surface area contributed by atoms with Crippen LogP contribution in [-0.4, -0.2) is 24.0 Å². The third kappa shape index (κ3) is 4.26. The van der Waals surface area contributed by atoms with Crippen LogP contribution in [0.3, 0.4) is 0 Å². The number of amides is 1. The third-order valence-corrected chi connectivity index (χ3v) is 4.42. The summed E-state index contributed by atoms with van der Waals surface area (Å²) in [5.74, 6) is 0.586. The molecule has 0 radical (unpaired) electrons. The molecule has 1 amide bonds. The Labute approximate surface area is 142 Å². The lowest BCUT2D eigenvalue weighted by atomic mass is 10.1. The predicted molar refractivity (Wildman–Crippen MR) is 93.9 cm³/mol. The van der Waals surface area contributed by atoms with Crippen molar-refractivity contribution in [3.05, 3.63) is 64.7 Å². The summed E-state index contributed by atoms with van der Waals surface area (Å²) in [6, 6.07) is 15.3. The lowest BCUT2D eigenvalue weighted by molar-refractivity contribution is -0.138. The van der Waals surface area contributed by atoms with Crippen LogP contribution < -0.4 is 4.74 Å². The lowest BCUT2D eigenvalue weighted by Gasteiger charge is -2.28. The summed E-state index contributed by atoms with van der Waals surface area (Å²) in [4.78, 5) is 14.3. The molecule has 2 unspecified atom stereocenters. The Morgan fingerprint density at radius 1 is 1.13 bits per heavy atom. The quantitative estimate of drug-likeness (QED) is 0.799. The van der Waals surface area contributed by atoms with Gasteiger partial charge in [-0.3, -0.25) is 4.79 Å². The third-order valence-electron chi connectivity index (χ3n) is 4.00. The molecule has 122 valence electrons. The van der Waals surface area contributed by atoms with Crippen LogP contribution in [0.15, 0.2) is 48.5 Å². The Bertz CT molecular complexity index is 672. The smallest absolute Gasteiger partial charge is 0.263 e. The average Bonchev–Trinajstić information content (AvgIpc) is 2.57. The van der Waals surface area contributed by atoms with Gasteiger partial charge in [0.25, 0.3) is 5.91 Å². The van der Waals surface area contributed by atoms with Gasteiger partial charge in [0.1, 0.15) is 5.75 Å². The van der Waals surface area contributed by atoms with E-state index in [1.54, 1.807) is 31.0 Å². The topological polar surface area (TPSA) is 29.5 Å². The molecule has 0 spiro atoms. The summed E-state index contributed by atoms with van der Waals surface area (Å²) in [5.41, 5.74) is 2.02. The number of hydrogen-bond acceptors (Lipinski definition) is 2. The van der Waals surface area contributed by atoms with E-state index in [0.29, 0.717) is 10.8 Å². The minimum Gasteiger partial charge on any atom is -0.481 e. The first kappa shape index (κ1) is 17.4. The molecule has 23 heavy (non-hydrogen) atoms. The highest BCUT2D eigenvalue weighted by molar-refractivity contribution is 6.31. The molecule has 2 rings (SSSR count). The van der Waals surface area contributed by atoms with Gasteiger partial charge in [0.15, 0.2) is 6.10 Å². The van der Waals surface area contributed by atoms with Crippen LogP contribution in [-0.2, 0) is 4.79 Å². The maximum absolute atomic E-state index is 12.6. The fraction of sp³-hybridized carbons (Fsp3) is 0.316. The molecule has 2 atom stereocenters. The van der Waals surface area contributed by atoms with Crippen molar-refractivity contribution in [2.24, 2.45) is 0 Å². The van der Waals surface area contributed by atoms with Gasteiger partial charge in [-0.1, -0.05) is 41.9 Å². The van der Waals surface area contributed by atoms with E-state index >= 15 is 0 Å². The van der Waals surface area contributed by atoms with Crippen LogP contribution >= 0.6 is 11.6 Å². The van der Waals surface area contributed by atoms with Gasteiger partial charge in [-0.15, -0.1) is 0 Å². The van der Waals surface area contributed by atoms with Gasteiger partial charge >= 0.3 is 0 Å². The maximum atomic E-state index is 12.6. The summed E-state index contributed by atoms with van der Waals surface area (Å²) in [7, 11) is 1.80. The van der Waals surface area contributed by atoms with Gasteiger partial charge in [0.2, 0.25) is 0 Å². The van der Waals surface area contributed by atoms with Crippen molar-refractivity contribution in [1.82, 2.24) is 4.90 Å². The zero-order valence-electron chi connectivity index (χ0n) is 13.9. The van der Waals surface area contributed by atoms with Crippen LogP contribution in [0.5, 0.6) is 5.75 Å². The van der Waals surface area contributed by atoms with E-state index < -0.39 is 6.10 Å². The summed E-state index contributed by atoms with van der Waals surface area (Å²) in [5, 5.41) is 0.686. The summed E-state index contributed by atoms with van der Waals surface area (Å²) in [6.07, 6.45) is -0.563. The molecule has 0 aliphatic rings. The highest BCUT2D eigenvalue weighted by Crippen LogP contribution is 2.23. The van der Waals surface area contributed by atoms with Crippen molar-refractivity contribution in [3.63, 3.8) is 0 Å². The van der Waals surface area contributed by atoms with Crippen LogP contribution in [0.4, 0.5) is 0 Å². The van der Waals surface area contributed by atoms with Gasteiger partial charge in [-0.25, -0.2) is 0 Å². The standard InChI is InChI=1S/C19H22ClNO2/c1-13-12-17(10-11-18(13)20)23-15(3)19(22)21(4)14(2)16-8-6-5-7-9-16/h5-12,14-15H,1-4H3. The molecule has 0 saturated carbocycles. The molecule has 0 fully saturated rings. The molecule has 0 heterocycles. The summed E-state index contributed by atoms with van der Waals surface area (Å²) in [6.45, 7) is 5.68. The molecule has 0 bridgehead atoms. The maximum Gasteiger partial charge on any atom is 0.263 e. The first-order valence-electron chi connectivity index (χ1n) is 7.64. The fourth-order valence-electron chi connectivity index (χ4n) is 2.38. The fourth-order valence-corrected chi connectivity index (χ4v) is 2.50. The number of carbonyl (C=O) groups excluding carboxylic acids is 1. The van der Waals surface area contributed by atoms with Crippen molar-refractivity contribution in [1.29, 1.82) is 0 Å². The summed E-state index contributed by atoms with van der Waals surface area (Å²) >= 11 is 6.01. The van der Waals surface area contributed by atoms with E-state index in [-0.39, 0.29) is 11.9 Å². The Balaban J connectivity index is 2.05. The van der Waals surface area contributed by atoms with Gasteiger partial charge in [-0.05, 0) is 50.1 Å². The van der Waals surface area contributed by atoms with Crippen molar-refractivity contribution in [3.8, 4) is 5.75 Å². The zero-order chi connectivity index (χ0) is 17.0. The van der Waals surface area contributed by atoms with Gasteiger partial charge in [0.05, 0.1) is 6.04 Å². The normalized spacial score (nSPS) is 13.3. The molecule has 0 saturated heterocycles. The van der Waals surface area contributed by atoms with E-state index in [1.807, 2.05) is 50.2 Å². The second kappa shape index (κ2) is 7.51. The molecule has 0 aliphatic carbocycles. The molecule has 0 N–H and O–H groups in total. The number of rotatable bonds is 5. The first-order valence-corrected chi connectivity index (χ1v) is 8.02. The van der Waals surface area contributed by atoms with Crippen molar-refractivity contribution in [2.75, 3.05) is 7.05 Å². The minimum absolute atomic E-state index is 0.0123.